The van der Waals surface area contributed by atoms with Crippen molar-refractivity contribution in [1.29, 1.82) is 0 Å². The van der Waals surface area contributed by atoms with E-state index in [-0.39, 0.29) is 0 Å². The van der Waals surface area contributed by atoms with Crippen LogP contribution in [0.3, 0.4) is 0 Å². The number of nitrogens with zero attached hydrogens (tertiary/aromatic N) is 1. The van der Waals surface area contributed by atoms with Crippen LogP contribution in [0, 0.1) is 0 Å². The predicted molar refractivity (Wildman–Crippen MR) is 76.7 cm³/mol. The number of aryl methyl sites for hydroxylation is 1. The molecule has 0 amide bonds. The van der Waals surface area contributed by atoms with Gasteiger partial charge in [0.25, 0.3) is 0 Å². The number of hydrogen-bond acceptors (Lipinski definition) is 5. The molecule has 0 radical (unpaired) electrons. The zero-order valence-corrected chi connectivity index (χ0v) is 12.0. The van der Waals surface area contributed by atoms with Gasteiger partial charge in [0.15, 0.2) is 0 Å². The second-order valence-electron chi connectivity index (χ2n) is 4.05. The molecule has 2 N–H and O–H groups in total. The third kappa shape index (κ3) is 3.45. The van der Waals surface area contributed by atoms with E-state index in [2.05, 4.69) is 11.9 Å². The van der Waals surface area contributed by atoms with Crippen molar-refractivity contribution >= 4 is 11.3 Å². The molecule has 0 aliphatic carbocycles. The smallest absolute Gasteiger partial charge is 0.131 e. The van der Waals surface area contributed by atoms with E-state index in [1.54, 1.807) is 18.4 Å². The first-order valence-corrected chi connectivity index (χ1v) is 7.07. The Bertz CT molecular complexity index is 540. The fourth-order valence-electron chi connectivity index (χ4n) is 1.69. The van der Waals surface area contributed by atoms with Crippen molar-refractivity contribution in [3.8, 4) is 11.5 Å². The SMILES string of the molecule is CCc1nc(COc2cc(OC)ccc2CN)cs1. The number of thiazole rings is 1. The molecular weight excluding hydrogens is 260 g/mol. The molecule has 2 aromatic rings. The summed E-state index contributed by atoms with van der Waals surface area (Å²) in [5.41, 5.74) is 7.62. The summed E-state index contributed by atoms with van der Waals surface area (Å²) >= 11 is 1.66. The standard InChI is InChI=1S/C14H18N2O2S/c1-3-14-16-11(9-19-14)8-18-13-6-12(17-2)5-4-10(13)7-15/h4-6,9H,3,7-8,15H2,1-2H3. The Morgan fingerprint density at radius 3 is 2.84 bits per heavy atom. The Balaban J connectivity index is 2.09. The molecule has 0 bridgehead atoms. The Morgan fingerprint density at radius 1 is 1.37 bits per heavy atom. The zero-order valence-electron chi connectivity index (χ0n) is 11.2. The van der Waals surface area contributed by atoms with Gasteiger partial charge in [-0.2, -0.15) is 0 Å². The maximum absolute atomic E-state index is 5.80. The van der Waals surface area contributed by atoms with Gasteiger partial charge in [0.05, 0.1) is 17.8 Å². The Kier molecular flexibility index (Phi) is 4.76. The summed E-state index contributed by atoms with van der Waals surface area (Å²) in [5.74, 6) is 1.52. The molecule has 1 aromatic carbocycles. The van der Waals surface area contributed by atoms with E-state index in [1.807, 2.05) is 23.6 Å². The van der Waals surface area contributed by atoms with E-state index in [0.29, 0.717) is 13.2 Å². The molecule has 19 heavy (non-hydrogen) atoms. The number of hydrogen-bond donors (Lipinski definition) is 1. The molecule has 1 aromatic heterocycles. The van der Waals surface area contributed by atoms with Crippen LogP contribution in [-0.4, -0.2) is 12.1 Å². The molecule has 5 heteroatoms. The van der Waals surface area contributed by atoms with Crippen LogP contribution in [0.15, 0.2) is 23.6 Å². The van der Waals surface area contributed by atoms with Gasteiger partial charge in [-0.3, -0.25) is 0 Å². The monoisotopic (exact) mass is 278 g/mol. The number of methoxy groups -OCH3 is 1. The Hall–Kier alpha value is -1.59. The van der Waals surface area contributed by atoms with E-state index in [0.717, 1.165) is 34.2 Å². The number of nitrogens with two attached hydrogens (primary N) is 1. The van der Waals surface area contributed by atoms with Crippen molar-refractivity contribution in [3.63, 3.8) is 0 Å². The van der Waals surface area contributed by atoms with Crippen molar-refractivity contribution < 1.29 is 9.47 Å². The first-order valence-electron chi connectivity index (χ1n) is 6.19. The normalized spacial score (nSPS) is 10.5. The van der Waals surface area contributed by atoms with Crippen LogP contribution >= 0.6 is 11.3 Å². The van der Waals surface area contributed by atoms with Crippen LogP contribution in [0.2, 0.25) is 0 Å². The van der Waals surface area contributed by atoms with E-state index in [9.17, 15) is 0 Å². The number of benzene rings is 1. The molecule has 0 aliphatic heterocycles. The average Bonchev–Trinajstić information content (AvgIpc) is 2.92. The molecule has 102 valence electrons. The molecule has 0 fully saturated rings. The number of aromatic nitrogens is 1. The van der Waals surface area contributed by atoms with Crippen molar-refractivity contribution in [2.24, 2.45) is 5.73 Å². The van der Waals surface area contributed by atoms with Crippen LogP contribution < -0.4 is 15.2 Å². The Labute approximate surface area is 117 Å². The molecule has 0 atom stereocenters. The molecule has 0 saturated carbocycles. The van der Waals surface area contributed by atoms with Crippen molar-refractivity contribution in [1.82, 2.24) is 4.98 Å². The van der Waals surface area contributed by atoms with Gasteiger partial charge < -0.3 is 15.2 Å². The summed E-state index contributed by atoms with van der Waals surface area (Å²) in [5, 5.41) is 3.16. The molecule has 0 saturated heterocycles. The molecule has 2 rings (SSSR count). The first kappa shape index (κ1) is 13.8. The van der Waals surface area contributed by atoms with Crippen molar-refractivity contribution in [2.45, 2.75) is 26.5 Å². The minimum absolute atomic E-state index is 0.441. The van der Waals surface area contributed by atoms with Gasteiger partial charge in [0.1, 0.15) is 18.1 Å². The van der Waals surface area contributed by atoms with Gasteiger partial charge in [0.2, 0.25) is 0 Å². The summed E-state index contributed by atoms with van der Waals surface area (Å²) < 4.78 is 11.0. The van der Waals surface area contributed by atoms with Crippen LogP contribution in [0.25, 0.3) is 0 Å². The summed E-state index contributed by atoms with van der Waals surface area (Å²) in [6.07, 6.45) is 0.956. The quantitative estimate of drug-likeness (QED) is 0.882. The van der Waals surface area contributed by atoms with E-state index >= 15 is 0 Å². The fraction of sp³-hybridized carbons (Fsp3) is 0.357. The van der Waals surface area contributed by atoms with Crippen LogP contribution in [0.5, 0.6) is 11.5 Å². The highest BCUT2D eigenvalue weighted by atomic mass is 32.1. The summed E-state index contributed by atoms with van der Waals surface area (Å²) in [6.45, 7) is 2.99. The van der Waals surface area contributed by atoms with Gasteiger partial charge in [-0.1, -0.05) is 13.0 Å². The van der Waals surface area contributed by atoms with Gasteiger partial charge in [-0.05, 0) is 12.5 Å². The lowest BCUT2D eigenvalue weighted by Gasteiger charge is -2.11. The lowest BCUT2D eigenvalue weighted by Crippen LogP contribution is -2.03. The highest BCUT2D eigenvalue weighted by Crippen LogP contribution is 2.25. The number of ether oxygens (including phenoxy) is 2. The van der Waals surface area contributed by atoms with E-state index in [4.69, 9.17) is 15.2 Å². The minimum atomic E-state index is 0.441. The second-order valence-corrected chi connectivity index (χ2v) is 5.00. The number of rotatable bonds is 6. The Morgan fingerprint density at radius 2 is 2.21 bits per heavy atom. The first-order chi connectivity index (χ1) is 9.26. The highest BCUT2D eigenvalue weighted by molar-refractivity contribution is 7.09. The lowest BCUT2D eigenvalue weighted by molar-refractivity contribution is 0.296. The van der Waals surface area contributed by atoms with Crippen LogP contribution in [0.1, 0.15) is 23.2 Å². The predicted octanol–water partition coefficient (Wildman–Crippen LogP) is 2.75. The molecular formula is C14H18N2O2S. The summed E-state index contributed by atoms with van der Waals surface area (Å²) in [6, 6.07) is 5.66. The topological polar surface area (TPSA) is 57.4 Å². The van der Waals surface area contributed by atoms with Gasteiger partial charge in [-0.15, -0.1) is 11.3 Å². The fourth-order valence-corrected chi connectivity index (χ4v) is 2.42. The molecule has 0 spiro atoms. The highest BCUT2D eigenvalue weighted by Gasteiger charge is 2.06. The maximum Gasteiger partial charge on any atom is 0.131 e. The largest absolute Gasteiger partial charge is 0.497 e. The minimum Gasteiger partial charge on any atom is -0.497 e. The zero-order chi connectivity index (χ0) is 13.7. The average molecular weight is 278 g/mol. The second kappa shape index (κ2) is 6.54. The third-order valence-corrected chi connectivity index (χ3v) is 3.81. The maximum atomic E-state index is 5.80. The molecule has 4 nitrogen and oxygen atoms in total. The summed E-state index contributed by atoms with van der Waals surface area (Å²) in [4.78, 5) is 4.47. The summed E-state index contributed by atoms with van der Waals surface area (Å²) in [7, 11) is 1.63. The third-order valence-electron chi connectivity index (χ3n) is 2.77. The van der Waals surface area contributed by atoms with Crippen molar-refractivity contribution in [3.05, 3.63) is 39.8 Å². The molecule has 1 heterocycles. The molecule has 0 aliphatic rings. The molecule has 0 unspecified atom stereocenters. The van der Waals surface area contributed by atoms with Gasteiger partial charge in [-0.25, -0.2) is 4.98 Å². The van der Waals surface area contributed by atoms with Crippen LogP contribution in [-0.2, 0) is 19.6 Å². The van der Waals surface area contributed by atoms with Crippen LogP contribution in [0.4, 0.5) is 0 Å². The van der Waals surface area contributed by atoms with Crippen molar-refractivity contribution in [2.75, 3.05) is 7.11 Å². The van der Waals surface area contributed by atoms with E-state index in [1.165, 1.54) is 0 Å². The van der Waals surface area contributed by atoms with Gasteiger partial charge >= 0.3 is 0 Å². The lowest BCUT2D eigenvalue weighted by atomic mass is 10.2. The van der Waals surface area contributed by atoms with Gasteiger partial charge in [0, 0.05) is 23.6 Å². The van der Waals surface area contributed by atoms with E-state index < -0.39 is 0 Å².